The zero-order chi connectivity index (χ0) is 19.7. The topological polar surface area (TPSA) is 52.6 Å². The molecule has 1 saturated carbocycles. The van der Waals surface area contributed by atoms with Crippen LogP contribution >= 0.6 is 0 Å². The van der Waals surface area contributed by atoms with Crippen molar-refractivity contribution in [3.63, 3.8) is 0 Å². The summed E-state index contributed by atoms with van der Waals surface area (Å²) in [6.45, 7) is 15.5. The van der Waals surface area contributed by atoms with E-state index < -0.39 is 8.32 Å². The molecule has 0 unspecified atom stereocenters. The van der Waals surface area contributed by atoms with Gasteiger partial charge in [-0.15, -0.1) is 0 Å². The molecule has 0 spiro atoms. The van der Waals surface area contributed by atoms with Gasteiger partial charge < -0.3 is 14.0 Å². The molecule has 2 aliphatic rings. The maximum absolute atomic E-state index is 12.8. The Kier molecular flexibility index (Phi) is 6.55. The molecule has 0 amide bonds. The predicted molar refractivity (Wildman–Crippen MR) is 106 cm³/mol. The van der Waals surface area contributed by atoms with E-state index in [0.717, 1.165) is 12.7 Å². The summed E-state index contributed by atoms with van der Waals surface area (Å²) in [6.07, 6.45) is 6.87. The second-order valence-electron chi connectivity index (χ2n) is 9.55. The first-order chi connectivity index (χ1) is 12.0. The highest BCUT2D eigenvalue weighted by molar-refractivity contribution is 6.74. The summed E-state index contributed by atoms with van der Waals surface area (Å²) in [5.74, 6) is 0.138. The molecule has 6 atom stereocenters. The van der Waals surface area contributed by atoms with Crippen molar-refractivity contribution in [1.29, 1.82) is 0 Å². The van der Waals surface area contributed by atoms with Crippen LogP contribution in [0.1, 0.15) is 47.5 Å². The molecular weight excluding hydrogens is 344 g/mol. The summed E-state index contributed by atoms with van der Waals surface area (Å²) in [4.78, 5) is 24.3. The quantitative estimate of drug-likeness (QED) is 0.303. The van der Waals surface area contributed by atoms with E-state index in [-0.39, 0.29) is 46.7 Å². The average Bonchev–Trinajstić information content (AvgIpc) is 2.53. The Bertz CT molecular complexity index is 549. The maximum Gasteiger partial charge on any atom is 0.309 e. The standard InChI is InChI=1S/C21H36O4Si/c1-8-24-20(23)18-14(2)9-10-16-11-15(13-22)12-17(19(16)18)25-26(6,7)21(3,4)5/h9-10,13-19H,8,11-12H2,1-7H3/t14-,15-,16-,17-,18-,19+/m0/s1. The smallest absolute Gasteiger partial charge is 0.309 e. The molecule has 148 valence electrons. The zero-order valence-electron chi connectivity index (χ0n) is 17.5. The van der Waals surface area contributed by atoms with Crippen LogP contribution in [0.15, 0.2) is 12.2 Å². The van der Waals surface area contributed by atoms with Gasteiger partial charge >= 0.3 is 5.97 Å². The van der Waals surface area contributed by atoms with Crippen LogP contribution in [-0.2, 0) is 18.8 Å². The lowest BCUT2D eigenvalue weighted by Crippen LogP contribution is -2.53. The third kappa shape index (κ3) is 4.30. The second kappa shape index (κ2) is 7.97. The van der Waals surface area contributed by atoms with E-state index in [1.165, 1.54) is 0 Å². The van der Waals surface area contributed by atoms with E-state index in [2.05, 4.69) is 52.9 Å². The fraction of sp³-hybridized carbons (Fsp3) is 0.810. The molecular formula is C21H36O4Si. The number of fused-ring (bicyclic) bond motifs is 1. The SMILES string of the molecule is CCOC(=O)[C@@H]1[C@H]2[C@@H](O[Si](C)(C)C(C)(C)C)C[C@@H](C=O)C[C@@H]2C=C[C@@H]1C. The summed E-state index contributed by atoms with van der Waals surface area (Å²) < 4.78 is 12.2. The van der Waals surface area contributed by atoms with Gasteiger partial charge in [-0.2, -0.15) is 0 Å². The summed E-state index contributed by atoms with van der Waals surface area (Å²) in [7, 11) is -2.01. The fourth-order valence-corrected chi connectivity index (χ4v) is 5.59. The van der Waals surface area contributed by atoms with Crippen molar-refractivity contribution in [2.24, 2.45) is 29.6 Å². The van der Waals surface area contributed by atoms with Gasteiger partial charge in [0.05, 0.1) is 12.5 Å². The van der Waals surface area contributed by atoms with E-state index in [0.29, 0.717) is 13.0 Å². The van der Waals surface area contributed by atoms with Gasteiger partial charge in [-0.05, 0) is 49.7 Å². The molecule has 0 radical (unpaired) electrons. The third-order valence-electron chi connectivity index (χ3n) is 6.68. The molecule has 0 aromatic carbocycles. The van der Waals surface area contributed by atoms with Gasteiger partial charge in [0.15, 0.2) is 8.32 Å². The number of allylic oxidation sites excluding steroid dienone is 2. The monoisotopic (exact) mass is 380 g/mol. The lowest BCUT2D eigenvalue weighted by atomic mass is 9.62. The molecule has 26 heavy (non-hydrogen) atoms. The Labute approximate surface area is 159 Å². The van der Waals surface area contributed by atoms with E-state index >= 15 is 0 Å². The normalized spacial score (nSPS) is 34.9. The van der Waals surface area contributed by atoms with Crippen LogP contribution < -0.4 is 0 Å². The van der Waals surface area contributed by atoms with Crippen molar-refractivity contribution in [3.8, 4) is 0 Å². The van der Waals surface area contributed by atoms with Crippen LogP contribution in [0.4, 0.5) is 0 Å². The van der Waals surface area contributed by atoms with Gasteiger partial charge in [0.25, 0.3) is 0 Å². The van der Waals surface area contributed by atoms with Crippen LogP contribution in [0.5, 0.6) is 0 Å². The number of aldehydes is 1. The Morgan fingerprint density at radius 1 is 1.23 bits per heavy atom. The Morgan fingerprint density at radius 2 is 1.88 bits per heavy atom. The lowest BCUT2D eigenvalue weighted by molar-refractivity contribution is -0.156. The minimum atomic E-state index is -2.01. The summed E-state index contributed by atoms with van der Waals surface area (Å²) in [5.41, 5.74) is 0. The zero-order valence-corrected chi connectivity index (χ0v) is 18.5. The third-order valence-corrected chi connectivity index (χ3v) is 11.2. The molecule has 2 aliphatic carbocycles. The van der Waals surface area contributed by atoms with Crippen LogP contribution in [0.2, 0.25) is 18.1 Å². The first-order valence-corrected chi connectivity index (χ1v) is 12.9. The number of esters is 1. The number of hydrogen-bond acceptors (Lipinski definition) is 4. The summed E-state index contributed by atoms with van der Waals surface area (Å²) in [6, 6.07) is 0. The number of hydrogen-bond donors (Lipinski definition) is 0. The first-order valence-electron chi connectivity index (χ1n) is 10.00. The number of carbonyl (C=O) groups excluding carboxylic acids is 2. The Balaban J connectivity index is 2.37. The molecule has 0 heterocycles. The molecule has 0 aliphatic heterocycles. The number of ether oxygens (including phenoxy) is 1. The van der Waals surface area contributed by atoms with E-state index in [1.807, 2.05) is 6.92 Å². The van der Waals surface area contributed by atoms with E-state index in [9.17, 15) is 9.59 Å². The lowest BCUT2D eigenvalue weighted by Gasteiger charge is -2.50. The average molecular weight is 381 g/mol. The van der Waals surface area contributed by atoms with Gasteiger partial charge in [0.1, 0.15) is 6.29 Å². The highest BCUT2D eigenvalue weighted by Crippen LogP contribution is 2.48. The Morgan fingerprint density at radius 3 is 2.42 bits per heavy atom. The van der Waals surface area contributed by atoms with Gasteiger partial charge in [-0.25, -0.2) is 0 Å². The molecule has 1 fully saturated rings. The molecule has 5 heteroatoms. The predicted octanol–water partition coefficient (Wildman–Crippen LogP) is 4.60. The molecule has 0 saturated heterocycles. The van der Waals surface area contributed by atoms with Crippen molar-refractivity contribution in [3.05, 3.63) is 12.2 Å². The van der Waals surface area contributed by atoms with Crippen molar-refractivity contribution in [1.82, 2.24) is 0 Å². The number of rotatable bonds is 5. The molecule has 4 nitrogen and oxygen atoms in total. The van der Waals surface area contributed by atoms with Gasteiger partial charge in [-0.3, -0.25) is 4.79 Å². The van der Waals surface area contributed by atoms with Crippen LogP contribution in [0.25, 0.3) is 0 Å². The summed E-state index contributed by atoms with van der Waals surface area (Å²) in [5, 5.41) is 0.0895. The molecule has 0 bridgehead atoms. The van der Waals surface area contributed by atoms with Crippen LogP contribution in [0.3, 0.4) is 0 Å². The van der Waals surface area contributed by atoms with Gasteiger partial charge in [0.2, 0.25) is 0 Å². The largest absolute Gasteiger partial charge is 0.466 e. The molecule has 0 aromatic rings. The first kappa shape index (κ1) is 21.4. The minimum absolute atomic E-state index is 0.00641. The van der Waals surface area contributed by atoms with E-state index in [4.69, 9.17) is 9.16 Å². The summed E-state index contributed by atoms with van der Waals surface area (Å²) >= 11 is 0. The molecule has 0 aromatic heterocycles. The maximum atomic E-state index is 12.8. The molecule has 0 N–H and O–H groups in total. The highest BCUT2D eigenvalue weighted by Gasteiger charge is 2.51. The van der Waals surface area contributed by atoms with Crippen molar-refractivity contribution in [2.45, 2.75) is 71.7 Å². The fourth-order valence-electron chi connectivity index (χ4n) is 4.23. The van der Waals surface area contributed by atoms with Crippen LogP contribution in [-0.4, -0.2) is 33.3 Å². The van der Waals surface area contributed by atoms with Gasteiger partial charge in [0, 0.05) is 17.9 Å². The van der Waals surface area contributed by atoms with Gasteiger partial charge in [-0.1, -0.05) is 39.8 Å². The van der Waals surface area contributed by atoms with Crippen LogP contribution in [0, 0.1) is 29.6 Å². The molecule has 2 rings (SSSR count). The van der Waals surface area contributed by atoms with Crippen molar-refractivity contribution >= 4 is 20.6 Å². The van der Waals surface area contributed by atoms with E-state index in [1.54, 1.807) is 0 Å². The number of carbonyl (C=O) groups is 2. The second-order valence-corrected chi connectivity index (χ2v) is 14.3. The highest BCUT2D eigenvalue weighted by atomic mass is 28.4. The Hall–Kier alpha value is -0.943. The van der Waals surface area contributed by atoms with Crippen molar-refractivity contribution in [2.75, 3.05) is 6.61 Å². The minimum Gasteiger partial charge on any atom is -0.466 e. The van der Waals surface area contributed by atoms with Crippen molar-refractivity contribution < 1.29 is 18.8 Å².